The summed E-state index contributed by atoms with van der Waals surface area (Å²) in [5.41, 5.74) is 2.28. The molecule has 0 aliphatic heterocycles. The fraction of sp³-hybridized carbons (Fsp3) is 0.238. The number of ketones is 1. The zero-order valence-corrected chi connectivity index (χ0v) is 15.1. The van der Waals surface area contributed by atoms with E-state index in [0.717, 1.165) is 16.5 Å². The molecule has 3 rings (SSSR count). The second-order valence-corrected chi connectivity index (χ2v) is 6.25. The van der Waals surface area contributed by atoms with E-state index in [9.17, 15) is 14.0 Å². The van der Waals surface area contributed by atoms with Gasteiger partial charge in [-0.3, -0.25) is 14.5 Å². The van der Waals surface area contributed by atoms with Crippen LogP contribution in [0.15, 0.2) is 54.7 Å². The minimum Gasteiger partial charge on any atom is -0.465 e. The van der Waals surface area contributed by atoms with Crippen LogP contribution in [0.1, 0.15) is 22.8 Å². The highest BCUT2D eigenvalue weighted by molar-refractivity contribution is 6.08. The number of aromatic nitrogens is 1. The van der Waals surface area contributed by atoms with E-state index in [4.69, 9.17) is 4.74 Å². The standard InChI is InChI=1S/C21H21FN2O3/c1-2-27-21(26)14-24(12-15-7-9-16(22)10-8-15)13-20(25)18-11-23-19-6-4-3-5-17(18)19/h3-11,23H,2,12-14H2,1H3. The van der Waals surface area contributed by atoms with Crippen LogP contribution in [0.3, 0.4) is 0 Å². The normalized spacial score (nSPS) is 11.1. The van der Waals surface area contributed by atoms with E-state index in [0.29, 0.717) is 12.1 Å². The first-order chi connectivity index (χ1) is 13.1. The summed E-state index contributed by atoms with van der Waals surface area (Å²) in [5.74, 6) is -0.823. The van der Waals surface area contributed by atoms with Crippen LogP contribution in [-0.4, -0.2) is 41.3 Å². The minimum absolute atomic E-state index is 0.0146. The van der Waals surface area contributed by atoms with Gasteiger partial charge < -0.3 is 9.72 Å². The number of benzene rings is 2. The van der Waals surface area contributed by atoms with Crippen molar-refractivity contribution in [3.8, 4) is 0 Å². The number of H-pyrrole nitrogens is 1. The lowest BCUT2D eigenvalue weighted by molar-refractivity contribution is -0.144. The predicted molar refractivity (Wildman–Crippen MR) is 101 cm³/mol. The summed E-state index contributed by atoms with van der Waals surface area (Å²) in [6.07, 6.45) is 1.69. The molecular formula is C21H21FN2O3. The van der Waals surface area contributed by atoms with Crippen molar-refractivity contribution in [3.05, 3.63) is 71.7 Å². The van der Waals surface area contributed by atoms with Gasteiger partial charge in [0.1, 0.15) is 5.82 Å². The molecule has 0 radical (unpaired) electrons. The first-order valence-electron chi connectivity index (χ1n) is 8.78. The maximum Gasteiger partial charge on any atom is 0.320 e. The second kappa shape index (κ2) is 8.60. The number of aromatic amines is 1. The highest BCUT2D eigenvalue weighted by Gasteiger charge is 2.19. The fourth-order valence-corrected chi connectivity index (χ4v) is 3.00. The number of fused-ring (bicyclic) bond motifs is 1. The van der Waals surface area contributed by atoms with Gasteiger partial charge in [-0.2, -0.15) is 0 Å². The number of rotatable bonds is 8. The number of Topliss-reactive ketones (excluding diaryl/α,β-unsaturated/α-hetero) is 1. The Labute approximate surface area is 156 Å². The van der Waals surface area contributed by atoms with Crippen molar-refractivity contribution in [2.45, 2.75) is 13.5 Å². The van der Waals surface area contributed by atoms with Crippen molar-refractivity contribution in [1.82, 2.24) is 9.88 Å². The molecule has 0 atom stereocenters. The van der Waals surface area contributed by atoms with Crippen molar-refractivity contribution < 1.29 is 18.7 Å². The van der Waals surface area contributed by atoms with Gasteiger partial charge in [0, 0.05) is 29.2 Å². The smallest absolute Gasteiger partial charge is 0.320 e. The van der Waals surface area contributed by atoms with Gasteiger partial charge in [0.15, 0.2) is 5.78 Å². The summed E-state index contributed by atoms with van der Waals surface area (Å²) in [7, 11) is 0. The number of carbonyl (C=O) groups is 2. The molecule has 0 saturated heterocycles. The van der Waals surface area contributed by atoms with Gasteiger partial charge in [-0.1, -0.05) is 30.3 Å². The molecule has 0 aliphatic carbocycles. The molecule has 0 spiro atoms. The topological polar surface area (TPSA) is 62.4 Å². The van der Waals surface area contributed by atoms with Crippen LogP contribution in [0.2, 0.25) is 0 Å². The Kier molecular flexibility index (Phi) is 5.98. The number of hydrogen-bond donors (Lipinski definition) is 1. The number of esters is 1. The monoisotopic (exact) mass is 368 g/mol. The van der Waals surface area contributed by atoms with Crippen molar-refractivity contribution in [1.29, 1.82) is 0 Å². The van der Waals surface area contributed by atoms with Crippen LogP contribution in [0.4, 0.5) is 4.39 Å². The molecule has 2 aromatic carbocycles. The number of carbonyl (C=O) groups excluding carboxylic acids is 2. The second-order valence-electron chi connectivity index (χ2n) is 6.25. The van der Waals surface area contributed by atoms with Gasteiger partial charge in [-0.15, -0.1) is 0 Å². The summed E-state index contributed by atoms with van der Waals surface area (Å²) >= 11 is 0. The summed E-state index contributed by atoms with van der Waals surface area (Å²) in [5, 5.41) is 0.848. The molecule has 6 heteroatoms. The molecule has 1 aromatic heterocycles. The molecule has 0 saturated carbocycles. The number of hydrogen-bond acceptors (Lipinski definition) is 4. The maximum atomic E-state index is 13.1. The van der Waals surface area contributed by atoms with Gasteiger partial charge in [0.05, 0.1) is 19.7 Å². The quantitative estimate of drug-likeness (QED) is 0.488. The molecule has 1 N–H and O–H groups in total. The first-order valence-corrected chi connectivity index (χ1v) is 8.78. The Bertz CT molecular complexity index is 934. The number of nitrogens with one attached hydrogen (secondary N) is 1. The molecule has 0 amide bonds. The van der Waals surface area contributed by atoms with Crippen molar-refractivity contribution in [3.63, 3.8) is 0 Å². The average molecular weight is 368 g/mol. The number of para-hydroxylation sites is 1. The molecule has 3 aromatic rings. The van der Waals surface area contributed by atoms with Gasteiger partial charge in [-0.05, 0) is 30.7 Å². The molecule has 27 heavy (non-hydrogen) atoms. The lowest BCUT2D eigenvalue weighted by atomic mass is 10.1. The SMILES string of the molecule is CCOC(=O)CN(CC(=O)c1c[nH]c2ccccc12)Cc1ccc(F)cc1. The van der Waals surface area contributed by atoms with E-state index >= 15 is 0 Å². The molecule has 1 heterocycles. The van der Waals surface area contributed by atoms with Crippen molar-refractivity contribution >= 4 is 22.7 Å². The largest absolute Gasteiger partial charge is 0.465 e. The third kappa shape index (κ3) is 4.80. The van der Waals surface area contributed by atoms with Crippen LogP contribution in [0.25, 0.3) is 10.9 Å². The van der Waals surface area contributed by atoms with E-state index in [1.807, 2.05) is 24.3 Å². The Hall–Kier alpha value is -2.99. The third-order valence-electron chi connectivity index (χ3n) is 4.23. The van der Waals surface area contributed by atoms with Crippen molar-refractivity contribution in [2.24, 2.45) is 0 Å². The lowest BCUT2D eigenvalue weighted by Crippen LogP contribution is -2.35. The Balaban J connectivity index is 1.77. The fourth-order valence-electron chi connectivity index (χ4n) is 3.00. The molecule has 0 unspecified atom stereocenters. The first kappa shape index (κ1) is 18.8. The number of halogens is 1. The van der Waals surface area contributed by atoms with E-state index in [-0.39, 0.29) is 31.3 Å². The molecule has 0 bridgehead atoms. The summed E-state index contributed by atoms with van der Waals surface area (Å²) in [6, 6.07) is 13.6. The van der Waals surface area contributed by atoms with Crippen LogP contribution in [0, 0.1) is 5.82 Å². The Morgan fingerprint density at radius 2 is 1.81 bits per heavy atom. The minimum atomic E-state index is -0.397. The van der Waals surface area contributed by atoms with Crippen LogP contribution < -0.4 is 0 Å². The highest BCUT2D eigenvalue weighted by atomic mass is 19.1. The van der Waals surface area contributed by atoms with Gasteiger partial charge in [-0.25, -0.2) is 4.39 Å². The number of ether oxygens (including phenoxy) is 1. The van der Waals surface area contributed by atoms with Crippen LogP contribution in [0.5, 0.6) is 0 Å². The molecule has 5 nitrogen and oxygen atoms in total. The van der Waals surface area contributed by atoms with Crippen LogP contribution in [-0.2, 0) is 16.1 Å². The van der Waals surface area contributed by atoms with Crippen LogP contribution >= 0.6 is 0 Å². The van der Waals surface area contributed by atoms with Gasteiger partial charge >= 0.3 is 5.97 Å². The molecule has 140 valence electrons. The van der Waals surface area contributed by atoms with E-state index in [1.54, 1.807) is 30.2 Å². The molecular weight excluding hydrogens is 347 g/mol. The van der Waals surface area contributed by atoms with Crippen molar-refractivity contribution in [2.75, 3.05) is 19.7 Å². The summed E-state index contributed by atoms with van der Waals surface area (Å²) in [6.45, 7) is 2.39. The van der Waals surface area contributed by atoms with E-state index < -0.39 is 5.97 Å². The average Bonchev–Trinajstić information content (AvgIpc) is 3.08. The lowest BCUT2D eigenvalue weighted by Gasteiger charge is -2.20. The third-order valence-corrected chi connectivity index (χ3v) is 4.23. The van der Waals surface area contributed by atoms with Gasteiger partial charge in [0.2, 0.25) is 0 Å². The van der Waals surface area contributed by atoms with E-state index in [2.05, 4.69) is 4.98 Å². The Morgan fingerprint density at radius 3 is 2.56 bits per heavy atom. The summed E-state index contributed by atoms with van der Waals surface area (Å²) in [4.78, 5) is 29.6. The van der Waals surface area contributed by atoms with E-state index in [1.165, 1.54) is 12.1 Å². The summed E-state index contributed by atoms with van der Waals surface area (Å²) < 4.78 is 18.1. The highest BCUT2D eigenvalue weighted by Crippen LogP contribution is 2.19. The maximum absolute atomic E-state index is 13.1. The number of nitrogens with zero attached hydrogens (tertiary/aromatic N) is 1. The Morgan fingerprint density at radius 1 is 1.07 bits per heavy atom. The zero-order chi connectivity index (χ0) is 19.2. The zero-order valence-electron chi connectivity index (χ0n) is 15.1. The van der Waals surface area contributed by atoms with Gasteiger partial charge in [0.25, 0.3) is 0 Å². The molecule has 0 fully saturated rings. The predicted octanol–water partition coefficient (Wildman–Crippen LogP) is 3.56. The molecule has 0 aliphatic rings.